The maximum atomic E-state index is 13.3. The molecule has 4 heteroatoms. The normalized spacial score (nSPS) is 25.1. The van der Waals surface area contributed by atoms with Crippen LogP contribution in [0, 0.1) is 12.8 Å². The summed E-state index contributed by atoms with van der Waals surface area (Å²) in [6, 6.07) is 7.34. The third-order valence-corrected chi connectivity index (χ3v) is 7.86. The van der Waals surface area contributed by atoms with E-state index < -0.39 is 10.0 Å². The first-order valence-corrected chi connectivity index (χ1v) is 11.8. The molecule has 2 atom stereocenters. The van der Waals surface area contributed by atoms with Gasteiger partial charge in [0.25, 0.3) is 0 Å². The lowest BCUT2D eigenvalue weighted by atomic mass is 9.87. The first kappa shape index (κ1) is 19.6. The van der Waals surface area contributed by atoms with Crippen molar-refractivity contribution in [1.82, 2.24) is 4.31 Å². The molecule has 1 unspecified atom stereocenters. The molecule has 26 heavy (non-hydrogen) atoms. The molecule has 0 saturated carbocycles. The SMILES string of the molecule is CCCCC1CCCCCC[C@@H]2C=C1CN2S(=O)(=O)c1ccc(C)cc1. The van der Waals surface area contributed by atoms with Gasteiger partial charge in [-0.1, -0.05) is 74.8 Å². The number of fused-ring (bicyclic) bond motifs is 1. The first-order valence-electron chi connectivity index (χ1n) is 10.3. The van der Waals surface area contributed by atoms with Gasteiger partial charge in [0.2, 0.25) is 10.0 Å². The number of nitrogens with zero attached hydrogens (tertiary/aromatic N) is 1. The van der Waals surface area contributed by atoms with E-state index in [1.807, 2.05) is 19.1 Å². The molecule has 0 N–H and O–H groups in total. The predicted octanol–water partition coefficient (Wildman–Crippen LogP) is 5.45. The van der Waals surface area contributed by atoms with Crippen LogP contribution < -0.4 is 0 Å². The second-order valence-corrected chi connectivity index (χ2v) is 9.89. The second-order valence-electron chi connectivity index (χ2n) is 8.00. The average molecular weight is 376 g/mol. The van der Waals surface area contributed by atoms with Crippen molar-refractivity contribution in [3.05, 3.63) is 41.5 Å². The summed E-state index contributed by atoms with van der Waals surface area (Å²) in [6.07, 6.45) is 13.0. The maximum Gasteiger partial charge on any atom is 0.243 e. The zero-order valence-corrected chi connectivity index (χ0v) is 17.1. The highest BCUT2D eigenvalue weighted by atomic mass is 32.2. The molecule has 144 valence electrons. The van der Waals surface area contributed by atoms with Crippen LogP contribution in [0.25, 0.3) is 0 Å². The van der Waals surface area contributed by atoms with Crippen LogP contribution in [0.1, 0.15) is 70.3 Å². The third kappa shape index (κ3) is 4.40. The molecular weight excluding hydrogens is 342 g/mol. The molecule has 1 aromatic carbocycles. The number of aryl methyl sites for hydroxylation is 1. The van der Waals surface area contributed by atoms with E-state index in [1.54, 1.807) is 16.4 Å². The summed E-state index contributed by atoms with van der Waals surface area (Å²) < 4.78 is 28.4. The number of sulfonamides is 1. The van der Waals surface area contributed by atoms with Crippen molar-refractivity contribution >= 4 is 10.0 Å². The highest BCUT2D eigenvalue weighted by molar-refractivity contribution is 7.89. The summed E-state index contributed by atoms with van der Waals surface area (Å²) in [7, 11) is -3.43. The van der Waals surface area contributed by atoms with Gasteiger partial charge in [-0.2, -0.15) is 4.31 Å². The van der Waals surface area contributed by atoms with Gasteiger partial charge in [0.05, 0.1) is 4.90 Å². The lowest BCUT2D eigenvalue weighted by Crippen LogP contribution is -2.36. The zero-order chi connectivity index (χ0) is 18.6. The number of hydrogen-bond donors (Lipinski definition) is 0. The first-order chi connectivity index (χ1) is 12.5. The molecule has 1 heterocycles. The van der Waals surface area contributed by atoms with Crippen molar-refractivity contribution in [2.24, 2.45) is 5.92 Å². The van der Waals surface area contributed by atoms with E-state index in [4.69, 9.17) is 0 Å². The van der Waals surface area contributed by atoms with Crippen molar-refractivity contribution in [1.29, 1.82) is 0 Å². The Morgan fingerprint density at radius 3 is 2.42 bits per heavy atom. The molecule has 0 fully saturated rings. The molecule has 0 radical (unpaired) electrons. The van der Waals surface area contributed by atoms with E-state index in [0.717, 1.165) is 18.4 Å². The van der Waals surface area contributed by atoms with Gasteiger partial charge in [-0.05, 0) is 44.2 Å². The van der Waals surface area contributed by atoms with Gasteiger partial charge in [-0.3, -0.25) is 0 Å². The summed E-state index contributed by atoms with van der Waals surface area (Å²) in [4.78, 5) is 0.433. The van der Waals surface area contributed by atoms with Gasteiger partial charge in [-0.15, -0.1) is 0 Å². The van der Waals surface area contributed by atoms with Gasteiger partial charge in [-0.25, -0.2) is 8.42 Å². The van der Waals surface area contributed by atoms with E-state index in [1.165, 1.54) is 50.5 Å². The fraction of sp³-hybridized carbons (Fsp3) is 0.636. The van der Waals surface area contributed by atoms with Crippen molar-refractivity contribution < 1.29 is 8.42 Å². The van der Waals surface area contributed by atoms with Gasteiger partial charge in [0.1, 0.15) is 0 Å². The Morgan fingerprint density at radius 2 is 1.73 bits per heavy atom. The quantitative estimate of drug-likeness (QED) is 0.641. The number of benzene rings is 1. The van der Waals surface area contributed by atoms with Crippen molar-refractivity contribution in [2.75, 3.05) is 6.54 Å². The molecular formula is C22H33NO2S. The number of unbranched alkanes of at least 4 members (excludes halogenated alkanes) is 1. The molecule has 1 aliphatic heterocycles. The fourth-order valence-electron chi connectivity index (χ4n) is 4.34. The van der Waals surface area contributed by atoms with Crippen LogP contribution in [0.5, 0.6) is 0 Å². The molecule has 1 aromatic rings. The minimum absolute atomic E-state index is 0.0403. The summed E-state index contributed by atoms with van der Waals surface area (Å²) in [6.45, 7) is 4.82. The Kier molecular flexibility index (Phi) is 6.57. The van der Waals surface area contributed by atoms with Crippen LogP contribution in [0.2, 0.25) is 0 Å². The van der Waals surface area contributed by atoms with Crippen LogP contribution in [0.4, 0.5) is 0 Å². The molecule has 1 aliphatic carbocycles. The topological polar surface area (TPSA) is 37.4 Å². The molecule has 3 rings (SSSR count). The minimum atomic E-state index is -3.43. The summed E-state index contributed by atoms with van der Waals surface area (Å²) in [5, 5.41) is 0. The minimum Gasteiger partial charge on any atom is -0.207 e. The smallest absolute Gasteiger partial charge is 0.207 e. The Bertz CT molecular complexity index is 721. The van der Waals surface area contributed by atoms with Gasteiger partial charge >= 0.3 is 0 Å². The van der Waals surface area contributed by atoms with E-state index in [2.05, 4.69) is 13.0 Å². The Morgan fingerprint density at radius 1 is 1.04 bits per heavy atom. The molecule has 2 aliphatic rings. The van der Waals surface area contributed by atoms with E-state index >= 15 is 0 Å². The lowest BCUT2D eigenvalue weighted by molar-refractivity contribution is 0.379. The van der Waals surface area contributed by atoms with Crippen LogP contribution >= 0.6 is 0 Å². The summed E-state index contributed by atoms with van der Waals surface area (Å²) >= 11 is 0. The average Bonchev–Trinajstić information content (AvgIpc) is 3.04. The van der Waals surface area contributed by atoms with Crippen LogP contribution in [0.15, 0.2) is 40.8 Å². The Hall–Kier alpha value is -1.13. The van der Waals surface area contributed by atoms with Crippen molar-refractivity contribution in [3.8, 4) is 0 Å². The van der Waals surface area contributed by atoms with Gasteiger partial charge < -0.3 is 0 Å². The third-order valence-electron chi connectivity index (χ3n) is 5.98. The highest BCUT2D eigenvalue weighted by Crippen LogP contribution is 2.36. The molecule has 0 aromatic heterocycles. The lowest BCUT2D eigenvalue weighted by Gasteiger charge is -2.24. The van der Waals surface area contributed by atoms with Gasteiger partial charge in [0, 0.05) is 12.6 Å². The largest absolute Gasteiger partial charge is 0.243 e. The molecule has 3 nitrogen and oxygen atoms in total. The monoisotopic (exact) mass is 375 g/mol. The standard InChI is InChI=1S/C22H33NO2S/c1-3-4-9-19-10-7-5-6-8-11-21-16-20(19)17-23(21)26(24,25)22-14-12-18(2)13-15-22/h12-16,19,21H,3-11,17H2,1-2H3/t19?,21-/m1/s1. The maximum absolute atomic E-state index is 13.3. The van der Waals surface area contributed by atoms with Crippen molar-refractivity contribution in [3.63, 3.8) is 0 Å². The van der Waals surface area contributed by atoms with Crippen molar-refractivity contribution in [2.45, 2.75) is 82.6 Å². The zero-order valence-electron chi connectivity index (χ0n) is 16.3. The summed E-state index contributed by atoms with van der Waals surface area (Å²) in [5.41, 5.74) is 2.47. The van der Waals surface area contributed by atoms with Gasteiger partial charge in [0.15, 0.2) is 0 Å². The molecule has 0 saturated heterocycles. The van der Waals surface area contributed by atoms with Crippen LogP contribution in [0.3, 0.4) is 0 Å². The van der Waals surface area contributed by atoms with E-state index in [-0.39, 0.29) is 6.04 Å². The number of rotatable bonds is 5. The van der Waals surface area contributed by atoms with E-state index in [9.17, 15) is 8.42 Å². The summed E-state index contributed by atoms with van der Waals surface area (Å²) in [5.74, 6) is 0.564. The highest BCUT2D eigenvalue weighted by Gasteiger charge is 2.37. The molecule has 0 amide bonds. The fourth-order valence-corrected chi connectivity index (χ4v) is 5.94. The Balaban J connectivity index is 1.86. The molecule has 0 spiro atoms. The molecule has 2 bridgehead atoms. The van der Waals surface area contributed by atoms with Crippen LogP contribution in [-0.4, -0.2) is 25.3 Å². The van der Waals surface area contributed by atoms with Crippen LogP contribution in [-0.2, 0) is 10.0 Å². The number of hydrogen-bond acceptors (Lipinski definition) is 2. The predicted molar refractivity (Wildman–Crippen MR) is 108 cm³/mol. The Labute approximate surface area is 159 Å². The van der Waals surface area contributed by atoms with E-state index in [0.29, 0.717) is 17.4 Å². The second kappa shape index (κ2) is 8.71.